The third kappa shape index (κ3) is 3.89. The molecule has 3 aromatic carbocycles. The second kappa shape index (κ2) is 8.23. The van der Waals surface area contributed by atoms with E-state index < -0.39 is 0 Å². The molecular weight excluding hydrogens is 384 g/mol. The molecule has 156 valence electrons. The summed E-state index contributed by atoms with van der Waals surface area (Å²) in [5, 5.41) is 0. The van der Waals surface area contributed by atoms with Gasteiger partial charge in [-0.25, -0.2) is 4.90 Å². The van der Waals surface area contributed by atoms with Crippen molar-refractivity contribution in [3.63, 3.8) is 0 Å². The van der Waals surface area contributed by atoms with E-state index >= 15 is 0 Å². The zero-order chi connectivity index (χ0) is 22.1. The molecule has 0 N–H and O–H groups in total. The Kier molecular flexibility index (Phi) is 5.47. The number of likely N-dealkylation sites (N-methyl/N-ethyl adjacent to an activating group) is 1. The van der Waals surface area contributed by atoms with Gasteiger partial charge >= 0.3 is 0 Å². The number of hydrogen-bond donors (Lipinski definition) is 0. The Labute approximate surface area is 183 Å². The van der Waals surface area contributed by atoms with E-state index in [0.29, 0.717) is 23.5 Å². The second-order valence-corrected chi connectivity index (χ2v) is 8.17. The van der Waals surface area contributed by atoms with E-state index in [1.807, 2.05) is 106 Å². The molecule has 4 heteroatoms. The van der Waals surface area contributed by atoms with Crippen LogP contribution in [0.4, 0.5) is 5.69 Å². The van der Waals surface area contributed by atoms with Gasteiger partial charge < -0.3 is 4.90 Å². The van der Waals surface area contributed by atoms with Gasteiger partial charge in [-0.2, -0.15) is 0 Å². The number of imide groups is 1. The first kappa shape index (κ1) is 20.6. The van der Waals surface area contributed by atoms with Crippen LogP contribution in [0.1, 0.15) is 27.8 Å². The van der Waals surface area contributed by atoms with Crippen LogP contribution >= 0.6 is 0 Å². The van der Waals surface area contributed by atoms with Gasteiger partial charge in [-0.05, 0) is 43.5 Å². The maximum atomic E-state index is 13.6. The van der Waals surface area contributed by atoms with Crippen molar-refractivity contribution in [2.45, 2.75) is 27.3 Å². The highest BCUT2D eigenvalue weighted by Gasteiger charge is 2.42. The van der Waals surface area contributed by atoms with Gasteiger partial charge in [0.2, 0.25) is 0 Å². The van der Waals surface area contributed by atoms with E-state index in [1.165, 1.54) is 4.90 Å². The molecule has 1 heterocycles. The third-order valence-electron chi connectivity index (χ3n) is 5.64. The molecule has 2 amide bonds. The molecule has 4 nitrogen and oxygen atoms in total. The number of carbonyl (C=O) groups is 2. The SMILES string of the molecule is Cc1ccc(C2=C(N(C)Cc3ccccc3)C(=O)N(c3ccc(C)cc3C)C2=O)cc1. The van der Waals surface area contributed by atoms with E-state index in [-0.39, 0.29) is 11.8 Å². The van der Waals surface area contributed by atoms with Crippen molar-refractivity contribution in [1.29, 1.82) is 0 Å². The molecule has 0 radical (unpaired) electrons. The highest BCUT2D eigenvalue weighted by Crippen LogP contribution is 2.36. The second-order valence-electron chi connectivity index (χ2n) is 8.17. The van der Waals surface area contributed by atoms with Crippen LogP contribution < -0.4 is 4.90 Å². The lowest BCUT2D eigenvalue weighted by atomic mass is 10.0. The fourth-order valence-electron chi connectivity index (χ4n) is 4.06. The lowest BCUT2D eigenvalue weighted by Gasteiger charge is -2.22. The average molecular weight is 411 g/mol. The Balaban J connectivity index is 1.82. The number of amides is 2. The van der Waals surface area contributed by atoms with E-state index in [1.54, 1.807) is 0 Å². The number of benzene rings is 3. The summed E-state index contributed by atoms with van der Waals surface area (Å²) in [5.74, 6) is -0.568. The fraction of sp³-hybridized carbons (Fsp3) is 0.185. The summed E-state index contributed by atoms with van der Waals surface area (Å²) in [4.78, 5) is 30.5. The number of anilines is 1. The number of hydrogen-bond acceptors (Lipinski definition) is 3. The summed E-state index contributed by atoms with van der Waals surface area (Å²) in [7, 11) is 1.87. The molecule has 0 bridgehead atoms. The van der Waals surface area contributed by atoms with Crippen LogP contribution in [0, 0.1) is 20.8 Å². The van der Waals surface area contributed by atoms with Crippen LogP contribution in [-0.2, 0) is 16.1 Å². The van der Waals surface area contributed by atoms with Crippen LogP contribution in [0.5, 0.6) is 0 Å². The van der Waals surface area contributed by atoms with Crippen molar-refractivity contribution in [2.24, 2.45) is 0 Å². The molecular formula is C27H26N2O2. The van der Waals surface area contributed by atoms with E-state index in [4.69, 9.17) is 0 Å². The number of rotatable bonds is 5. The standard InChI is InChI=1S/C27H26N2O2/c1-18-10-13-22(14-11-18)24-25(28(4)17-21-8-6-5-7-9-21)27(31)29(26(24)30)23-15-12-19(2)16-20(23)3/h5-16H,17H2,1-4H3. The van der Waals surface area contributed by atoms with Gasteiger partial charge in [-0.15, -0.1) is 0 Å². The molecule has 0 atom stereocenters. The zero-order valence-electron chi connectivity index (χ0n) is 18.3. The molecule has 0 saturated carbocycles. The first-order valence-electron chi connectivity index (χ1n) is 10.4. The van der Waals surface area contributed by atoms with Gasteiger partial charge in [0.15, 0.2) is 0 Å². The van der Waals surface area contributed by atoms with Crippen LogP contribution in [0.2, 0.25) is 0 Å². The van der Waals surface area contributed by atoms with Gasteiger partial charge in [0.25, 0.3) is 11.8 Å². The maximum Gasteiger partial charge on any atom is 0.282 e. The Morgan fingerprint density at radius 3 is 2.06 bits per heavy atom. The molecule has 0 spiro atoms. The predicted molar refractivity (Wildman–Crippen MR) is 124 cm³/mol. The largest absolute Gasteiger partial charge is 0.365 e. The van der Waals surface area contributed by atoms with Crippen LogP contribution in [0.15, 0.2) is 78.5 Å². The van der Waals surface area contributed by atoms with Crippen molar-refractivity contribution < 1.29 is 9.59 Å². The summed E-state index contributed by atoms with van der Waals surface area (Å²) >= 11 is 0. The molecule has 1 aliphatic heterocycles. The van der Waals surface area contributed by atoms with E-state index in [9.17, 15) is 9.59 Å². The summed E-state index contributed by atoms with van der Waals surface area (Å²) in [6, 6.07) is 23.5. The Hall–Kier alpha value is -3.66. The summed E-state index contributed by atoms with van der Waals surface area (Å²) < 4.78 is 0. The number of aryl methyl sites for hydroxylation is 3. The lowest BCUT2D eigenvalue weighted by Crippen LogP contribution is -2.34. The van der Waals surface area contributed by atoms with Crippen LogP contribution in [0.25, 0.3) is 5.57 Å². The molecule has 0 saturated heterocycles. The van der Waals surface area contributed by atoms with Crippen molar-refractivity contribution >= 4 is 23.1 Å². The normalized spacial score (nSPS) is 13.9. The fourth-order valence-corrected chi connectivity index (χ4v) is 4.06. The van der Waals surface area contributed by atoms with Crippen molar-refractivity contribution in [3.8, 4) is 0 Å². The lowest BCUT2D eigenvalue weighted by molar-refractivity contribution is -0.120. The Morgan fingerprint density at radius 2 is 1.42 bits per heavy atom. The van der Waals surface area contributed by atoms with Crippen molar-refractivity contribution in [3.05, 3.63) is 106 Å². The average Bonchev–Trinajstić information content (AvgIpc) is 3.00. The summed E-state index contributed by atoms with van der Waals surface area (Å²) in [6.07, 6.45) is 0. The molecule has 0 unspecified atom stereocenters. The van der Waals surface area contributed by atoms with Crippen LogP contribution in [0.3, 0.4) is 0 Å². The van der Waals surface area contributed by atoms with Crippen molar-refractivity contribution in [2.75, 3.05) is 11.9 Å². The first-order valence-corrected chi connectivity index (χ1v) is 10.4. The highest BCUT2D eigenvalue weighted by atomic mass is 16.2. The summed E-state index contributed by atoms with van der Waals surface area (Å²) in [6.45, 7) is 6.47. The Bertz CT molecular complexity index is 1180. The smallest absolute Gasteiger partial charge is 0.282 e. The Morgan fingerprint density at radius 1 is 0.774 bits per heavy atom. The minimum Gasteiger partial charge on any atom is -0.365 e. The van der Waals surface area contributed by atoms with Gasteiger partial charge in [0.05, 0.1) is 11.3 Å². The molecule has 0 fully saturated rings. The molecule has 0 aromatic heterocycles. The maximum absolute atomic E-state index is 13.6. The van der Waals surface area contributed by atoms with Gasteiger partial charge in [-0.1, -0.05) is 77.9 Å². The monoisotopic (exact) mass is 410 g/mol. The predicted octanol–water partition coefficient (Wildman–Crippen LogP) is 5.03. The molecule has 1 aliphatic rings. The van der Waals surface area contributed by atoms with Gasteiger partial charge in [0, 0.05) is 13.6 Å². The summed E-state index contributed by atoms with van der Waals surface area (Å²) in [5.41, 5.74) is 6.43. The van der Waals surface area contributed by atoms with Crippen LogP contribution in [-0.4, -0.2) is 23.8 Å². The molecule has 3 aromatic rings. The van der Waals surface area contributed by atoms with E-state index in [2.05, 4.69) is 0 Å². The molecule has 4 rings (SSSR count). The quantitative estimate of drug-likeness (QED) is 0.554. The number of nitrogens with zero attached hydrogens (tertiary/aromatic N) is 2. The highest BCUT2D eigenvalue weighted by molar-refractivity contribution is 6.45. The van der Waals surface area contributed by atoms with Crippen molar-refractivity contribution in [1.82, 2.24) is 4.90 Å². The molecule has 0 aliphatic carbocycles. The van der Waals surface area contributed by atoms with Gasteiger partial charge in [-0.3, -0.25) is 9.59 Å². The minimum absolute atomic E-state index is 0.282. The zero-order valence-corrected chi connectivity index (χ0v) is 18.3. The molecule has 31 heavy (non-hydrogen) atoms. The van der Waals surface area contributed by atoms with E-state index in [0.717, 1.165) is 27.8 Å². The van der Waals surface area contributed by atoms with Gasteiger partial charge in [0.1, 0.15) is 5.70 Å². The first-order chi connectivity index (χ1) is 14.9. The minimum atomic E-state index is -0.286. The topological polar surface area (TPSA) is 40.6 Å². The number of carbonyl (C=O) groups excluding carboxylic acids is 2. The third-order valence-corrected chi connectivity index (χ3v) is 5.64.